The Labute approximate surface area is 107 Å². The lowest BCUT2D eigenvalue weighted by Crippen LogP contribution is -2.45. The second-order valence-corrected chi connectivity index (χ2v) is 4.92. The van der Waals surface area contributed by atoms with Crippen LogP contribution >= 0.6 is 0 Å². The van der Waals surface area contributed by atoms with E-state index in [2.05, 4.69) is 17.0 Å². The van der Waals surface area contributed by atoms with E-state index in [1.165, 1.54) is 5.69 Å². The van der Waals surface area contributed by atoms with Crippen molar-refractivity contribution >= 4 is 12.1 Å². The molecule has 1 aromatic carbocycles. The van der Waals surface area contributed by atoms with Gasteiger partial charge in [0.05, 0.1) is 12.6 Å². The van der Waals surface area contributed by atoms with E-state index in [0.717, 1.165) is 31.7 Å². The normalized spacial score (nSPS) is 25.6. The van der Waals surface area contributed by atoms with Crippen LogP contribution in [0.25, 0.3) is 0 Å². The molecule has 0 saturated carbocycles. The molecule has 0 radical (unpaired) electrons. The molecule has 2 fully saturated rings. The van der Waals surface area contributed by atoms with E-state index in [0.29, 0.717) is 18.7 Å². The summed E-state index contributed by atoms with van der Waals surface area (Å²) in [5, 5.41) is 0. The van der Waals surface area contributed by atoms with E-state index in [9.17, 15) is 4.79 Å². The Hall–Kier alpha value is -1.71. The van der Waals surface area contributed by atoms with Crippen LogP contribution in [0.1, 0.15) is 13.3 Å². The van der Waals surface area contributed by atoms with Gasteiger partial charge in [0.25, 0.3) is 0 Å². The fraction of sp³-hybridized carbons (Fsp3) is 0.500. The van der Waals surface area contributed by atoms with Crippen LogP contribution in [0.4, 0.5) is 5.69 Å². The van der Waals surface area contributed by atoms with E-state index in [1.807, 2.05) is 24.0 Å². The molecule has 0 N–H and O–H groups in total. The van der Waals surface area contributed by atoms with Gasteiger partial charge >= 0.3 is 0 Å². The number of rotatable bonds is 4. The van der Waals surface area contributed by atoms with Gasteiger partial charge in [0.15, 0.2) is 0 Å². The summed E-state index contributed by atoms with van der Waals surface area (Å²) in [4.78, 5) is 15.2. The Morgan fingerprint density at radius 2 is 2.06 bits per heavy atom. The molecule has 2 bridgehead atoms. The number of fused-ring (bicyclic) bond motifs is 2. The molecule has 0 aromatic heterocycles. The third kappa shape index (κ3) is 1.82. The van der Waals surface area contributed by atoms with Crippen LogP contribution in [0, 0.1) is 0 Å². The summed E-state index contributed by atoms with van der Waals surface area (Å²) < 4.78 is 5.45. The van der Waals surface area contributed by atoms with E-state index >= 15 is 0 Å². The Bertz CT molecular complexity index is 432. The zero-order valence-corrected chi connectivity index (χ0v) is 10.6. The fourth-order valence-electron chi connectivity index (χ4n) is 3.04. The molecule has 0 unspecified atom stereocenters. The summed E-state index contributed by atoms with van der Waals surface area (Å²) in [5.41, 5.74) is 1.23. The molecule has 2 aliphatic heterocycles. The maximum absolute atomic E-state index is 10.8. The first-order chi connectivity index (χ1) is 8.81. The third-order valence-electron chi connectivity index (χ3n) is 3.90. The highest BCUT2D eigenvalue weighted by Gasteiger charge is 2.42. The highest BCUT2D eigenvalue weighted by atomic mass is 16.5. The second kappa shape index (κ2) is 4.52. The molecule has 4 nitrogen and oxygen atoms in total. The summed E-state index contributed by atoms with van der Waals surface area (Å²) in [7, 11) is 0. The quantitative estimate of drug-likeness (QED) is 0.755. The van der Waals surface area contributed by atoms with E-state index in [4.69, 9.17) is 4.74 Å². The SMILES string of the molecule is CCOc1ccc(N2C[C@@H]3C[C@H]2CN3C=O)cc1. The second-order valence-electron chi connectivity index (χ2n) is 4.92. The zero-order valence-electron chi connectivity index (χ0n) is 10.6. The smallest absolute Gasteiger partial charge is 0.210 e. The first kappa shape index (κ1) is 11.4. The number of hydrogen-bond acceptors (Lipinski definition) is 3. The molecule has 4 heteroatoms. The van der Waals surface area contributed by atoms with Crippen LogP contribution in [-0.4, -0.2) is 43.1 Å². The number of anilines is 1. The fourth-order valence-corrected chi connectivity index (χ4v) is 3.04. The predicted molar refractivity (Wildman–Crippen MR) is 69.9 cm³/mol. The molecule has 0 aliphatic carbocycles. The molecule has 3 rings (SSSR count). The Kier molecular flexibility index (Phi) is 2.86. The number of carbonyl (C=O) groups excluding carboxylic acids is 1. The molecule has 1 aromatic rings. The monoisotopic (exact) mass is 246 g/mol. The number of piperazine rings is 1. The van der Waals surface area contributed by atoms with Crippen LogP contribution in [0.15, 0.2) is 24.3 Å². The Morgan fingerprint density at radius 3 is 2.61 bits per heavy atom. The van der Waals surface area contributed by atoms with Crippen molar-refractivity contribution < 1.29 is 9.53 Å². The number of carbonyl (C=O) groups is 1. The largest absolute Gasteiger partial charge is 0.494 e. The summed E-state index contributed by atoms with van der Waals surface area (Å²) >= 11 is 0. The highest BCUT2D eigenvalue weighted by Crippen LogP contribution is 2.34. The number of hydrogen-bond donors (Lipinski definition) is 0. The molecular weight excluding hydrogens is 228 g/mol. The number of benzene rings is 1. The molecule has 2 atom stereocenters. The summed E-state index contributed by atoms with van der Waals surface area (Å²) in [6.07, 6.45) is 2.09. The number of likely N-dealkylation sites (tertiary alicyclic amines) is 1. The topological polar surface area (TPSA) is 32.8 Å². The molecule has 2 heterocycles. The van der Waals surface area contributed by atoms with Crippen LogP contribution in [0.2, 0.25) is 0 Å². The van der Waals surface area contributed by atoms with Gasteiger partial charge in [0.2, 0.25) is 6.41 Å². The van der Waals surface area contributed by atoms with E-state index in [-0.39, 0.29) is 0 Å². The molecule has 2 aliphatic rings. The summed E-state index contributed by atoms with van der Waals surface area (Å²) in [5.74, 6) is 0.917. The third-order valence-corrected chi connectivity index (χ3v) is 3.90. The minimum atomic E-state index is 0.402. The van der Waals surface area contributed by atoms with E-state index in [1.54, 1.807) is 0 Å². The van der Waals surface area contributed by atoms with Crippen LogP contribution < -0.4 is 9.64 Å². The number of nitrogens with zero attached hydrogens (tertiary/aromatic N) is 2. The van der Waals surface area contributed by atoms with Crippen LogP contribution in [-0.2, 0) is 4.79 Å². The lowest BCUT2D eigenvalue weighted by molar-refractivity contribution is -0.119. The first-order valence-electron chi connectivity index (χ1n) is 6.52. The Morgan fingerprint density at radius 1 is 1.28 bits per heavy atom. The summed E-state index contributed by atoms with van der Waals surface area (Å²) in [6, 6.07) is 9.13. The highest BCUT2D eigenvalue weighted by molar-refractivity contribution is 5.56. The molecule has 96 valence electrons. The van der Waals surface area contributed by atoms with Crippen molar-refractivity contribution in [3.8, 4) is 5.75 Å². The standard InChI is InChI=1S/C14H18N2O2/c1-2-18-14-5-3-11(4-6-14)16-9-12-7-13(16)8-15(12)10-17/h3-6,10,12-13H,2,7-9H2,1H3/t12-,13-/m0/s1. The molecular formula is C14H18N2O2. The minimum Gasteiger partial charge on any atom is -0.494 e. The summed E-state index contributed by atoms with van der Waals surface area (Å²) in [6.45, 7) is 4.50. The Balaban J connectivity index is 1.72. The maximum Gasteiger partial charge on any atom is 0.210 e. The van der Waals surface area contributed by atoms with Crippen LogP contribution in [0.5, 0.6) is 5.75 Å². The molecule has 18 heavy (non-hydrogen) atoms. The van der Waals surface area contributed by atoms with Gasteiger partial charge in [-0.2, -0.15) is 0 Å². The molecule has 1 amide bonds. The first-order valence-corrected chi connectivity index (χ1v) is 6.52. The van der Waals surface area contributed by atoms with Crippen molar-refractivity contribution in [1.82, 2.24) is 4.90 Å². The van der Waals surface area contributed by atoms with Gasteiger partial charge in [0.1, 0.15) is 5.75 Å². The van der Waals surface area contributed by atoms with Gasteiger partial charge in [-0.05, 0) is 37.6 Å². The number of ether oxygens (including phenoxy) is 1. The van der Waals surface area contributed by atoms with Crippen molar-refractivity contribution in [2.24, 2.45) is 0 Å². The maximum atomic E-state index is 10.8. The molecule has 2 saturated heterocycles. The van der Waals surface area contributed by atoms with Gasteiger partial charge in [-0.3, -0.25) is 4.79 Å². The lowest BCUT2D eigenvalue weighted by Gasteiger charge is -2.33. The average molecular weight is 246 g/mol. The predicted octanol–water partition coefficient (Wildman–Crippen LogP) is 1.50. The average Bonchev–Trinajstić information content (AvgIpc) is 2.99. The van der Waals surface area contributed by atoms with Crippen molar-refractivity contribution in [3.63, 3.8) is 0 Å². The van der Waals surface area contributed by atoms with Crippen molar-refractivity contribution in [2.45, 2.75) is 25.4 Å². The van der Waals surface area contributed by atoms with Crippen molar-refractivity contribution in [3.05, 3.63) is 24.3 Å². The van der Waals surface area contributed by atoms with Gasteiger partial charge in [-0.15, -0.1) is 0 Å². The van der Waals surface area contributed by atoms with Gasteiger partial charge in [0, 0.05) is 24.8 Å². The van der Waals surface area contributed by atoms with Crippen LogP contribution in [0.3, 0.4) is 0 Å². The van der Waals surface area contributed by atoms with Gasteiger partial charge in [-0.1, -0.05) is 0 Å². The van der Waals surface area contributed by atoms with Gasteiger partial charge < -0.3 is 14.5 Å². The lowest BCUT2D eigenvalue weighted by atomic mass is 10.2. The van der Waals surface area contributed by atoms with Crippen molar-refractivity contribution in [1.29, 1.82) is 0 Å². The zero-order chi connectivity index (χ0) is 12.5. The van der Waals surface area contributed by atoms with Crippen molar-refractivity contribution in [2.75, 3.05) is 24.6 Å². The number of amides is 1. The molecule has 0 spiro atoms. The van der Waals surface area contributed by atoms with Gasteiger partial charge in [-0.25, -0.2) is 0 Å². The van der Waals surface area contributed by atoms with E-state index < -0.39 is 0 Å². The minimum absolute atomic E-state index is 0.402.